The van der Waals surface area contributed by atoms with Crippen molar-refractivity contribution in [2.45, 2.75) is 19.4 Å². The summed E-state index contributed by atoms with van der Waals surface area (Å²) in [6, 6.07) is 7.56. The number of rotatable bonds is 5. The maximum atomic E-state index is 9.16. The Morgan fingerprint density at radius 3 is 3.05 bits per heavy atom. The normalized spacial score (nSPS) is 9.84. The molecular formula is C14H13N5. The van der Waals surface area contributed by atoms with Gasteiger partial charge in [-0.1, -0.05) is 17.3 Å². The molecule has 0 radical (unpaired) electrons. The Hall–Kier alpha value is -2.70. The summed E-state index contributed by atoms with van der Waals surface area (Å²) in [5, 5.41) is 13.5. The molecule has 2 rings (SSSR count). The van der Waals surface area contributed by atoms with E-state index in [2.05, 4.69) is 27.2 Å². The minimum absolute atomic E-state index is 0.523. The molecule has 5 nitrogen and oxygen atoms in total. The first-order valence-corrected chi connectivity index (χ1v) is 5.99. The van der Waals surface area contributed by atoms with Crippen LogP contribution in [0.25, 0.3) is 21.3 Å². The average Bonchev–Trinajstić information content (AvgIpc) is 2.77. The minimum Gasteiger partial charge on any atom is -0.346 e. The number of nitriles is 1. The second kappa shape index (κ2) is 5.76. The lowest BCUT2D eigenvalue weighted by atomic mass is 10.2. The van der Waals surface area contributed by atoms with Crippen LogP contribution in [0, 0.1) is 11.3 Å². The predicted molar refractivity (Wildman–Crippen MR) is 74.9 cm³/mol. The molecule has 1 aromatic heterocycles. The zero-order valence-corrected chi connectivity index (χ0v) is 10.5. The minimum atomic E-state index is 0.523. The maximum Gasteiger partial charge on any atom is 0.101 e. The van der Waals surface area contributed by atoms with Crippen molar-refractivity contribution in [3.05, 3.63) is 53.1 Å². The first-order chi connectivity index (χ1) is 9.30. The molecule has 0 aliphatic heterocycles. The summed E-state index contributed by atoms with van der Waals surface area (Å²) >= 11 is 0. The summed E-state index contributed by atoms with van der Waals surface area (Å²) in [5.41, 5.74) is 10.6. The number of fused-ring (bicyclic) bond motifs is 1. The monoisotopic (exact) mass is 251 g/mol. The summed E-state index contributed by atoms with van der Waals surface area (Å²) in [7, 11) is 0. The Morgan fingerprint density at radius 2 is 2.37 bits per heavy atom. The van der Waals surface area contributed by atoms with E-state index in [9.17, 15) is 0 Å². The fourth-order valence-electron chi connectivity index (χ4n) is 2.08. The van der Waals surface area contributed by atoms with Gasteiger partial charge in [0.2, 0.25) is 0 Å². The largest absolute Gasteiger partial charge is 0.346 e. The first kappa shape index (κ1) is 12.7. The highest BCUT2D eigenvalue weighted by atomic mass is 15.1. The van der Waals surface area contributed by atoms with Gasteiger partial charge in [-0.15, -0.1) is 6.58 Å². The van der Waals surface area contributed by atoms with Crippen molar-refractivity contribution in [1.29, 1.82) is 5.26 Å². The third kappa shape index (κ3) is 2.59. The van der Waals surface area contributed by atoms with Crippen LogP contribution in [-0.2, 0) is 6.54 Å². The predicted octanol–water partition coefficient (Wildman–Crippen LogP) is 4.42. The average molecular weight is 251 g/mol. The standard InChI is InChI=1S/C14H13N5/c1-2-3-4-7-19-10-11(9-15)13-8-12(17-18-16)5-6-14(13)19/h2,5-6,8,10H,1,3-4,7H2. The highest BCUT2D eigenvalue weighted by Crippen LogP contribution is 2.26. The van der Waals surface area contributed by atoms with Gasteiger partial charge in [-0.25, -0.2) is 0 Å². The molecule has 0 fully saturated rings. The molecule has 0 saturated carbocycles. The zero-order chi connectivity index (χ0) is 13.7. The molecule has 0 amide bonds. The third-order valence-corrected chi connectivity index (χ3v) is 2.95. The topological polar surface area (TPSA) is 77.5 Å². The number of unbranched alkanes of at least 4 members (excludes halogenated alkanes) is 1. The fraction of sp³-hybridized carbons (Fsp3) is 0.214. The molecule has 0 spiro atoms. The van der Waals surface area contributed by atoms with Gasteiger partial charge in [0.25, 0.3) is 0 Å². The maximum absolute atomic E-state index is 9.16. The van der Waals surface area contributed by atoms with E-state index in [1.807, 2.05) is 18.3 Å². The number of benzene rings is 1. The van der Waals surface area contributed by atoms with E-state index in [4.69, 9.17) is 10.8 Å². The van der Waals surface area contributed by atoms with Crippen LogP contribution in [0.2, 0.25) is 0 Å². The molecule has 0 unspecified atom stereocenters. The van der Waals surface area contributed by atoms with Crippen molar-refractivity contribution < 1.29 is 0 Å². The summed E-state index contributed by atoms with van der Waals surface area (Å²) in [6.07, 6.45) is 5.65. The van der Waals surface area contributed by atoms with E-state index in [-0.39, 0.29) is 0 Å². The van der Waals surface area contributed by atoms with Gasteiger partial charge in [-0.05, 0) is 30.5 Å². The van der Waals surface area contributed by atoms with E-state index < -0.39 is 0 Å². The summed E-state index contributed by atoms with van der Waals surface area (Å²) in [6.45, 7) is 4.54. The number of hydrogen-bond donors (Lipinski definition) is 0. The Kier molecular flexibility index (Phi) is 3.87. The van der Waals surface area contributed by atoms with E-state index in [1.165, 1.54) is 0 Å². The fourth-order valence-corrected chi connectivity index (χ4v) is 2.08. The van der Waals surface area contributed by atoms with Crippen molar-refractivity contribution in [3.8, 4) is 6.07 Å². The van der Waals surface area contributed by atoms with Crippen molar-refractivity contribution in [1.82, 2.24) is 4.57 Å². The molecular weight excluding hydrogens is 238 g/mol. The van der Waals surface area contributed by atoms with Crippen molar-refractivity contribution >= 4 is 16.6 Å². The van der Waals surface area contributed by atoms with Crippen LogP contribution in [-0.4, -0.2) is 4.57 Å². The van der Waals surface area contributed by atoms with Gasteiger partial charge in [0.05, 0.1) is 5.56 Å². The molecule has 0 N–H and O–H groups in total. The van der Waals surface area contributed by atoms with Gasteiger partial charge < -0.3 is 4.57 Å². The van der Waals surface area contributed by atoms with E-state index in [0.717, 1.165) is 30.3 Å². The van der Waals surface area contributed by atoms with E-state index in [0.29, 0.717) is 11.3 Å². The van der Waals surface area contributed by atoms with Gasteiger partial charge in [-0.3, -0.25) is 0 Å². The van der Waals surface area contributed by atoms with Crippen LogP contribution in [0.5, 0.6) is 0 Å². The number of azide groups is 1. The van der Waals surface area contributed by atoms with Gasteiger partial charge in [0, 0.05) is 34.2 Å². The van der Waals surface area contributed by atoms with Crippen molar-refractivity contribution in [2.24, 2.45) is 5.11 Å². The van der Waals surface area contributed by atoms with Crippen LogP contribution in [0.15, 0.2) is 42.2 Å². The Bertz CT molecular complexity index is 698. The zero-order valence-electron chi connectivity index (χ0n) is 10.5. The molecule has 1 heterocycles. The quantitative estimate of drug-likeness (QED) is 0.255. The Morgan fingerprint density at radius 1 is 1.53 bits per heavy atom. The molecule has 0 aliphatic rings. The number of allylic oxidation sites excluding steroid dienone is 1. The molecule has 1 aromatic carbocycles. The molecule has 2 aromatic rings. The first-order valence-electron chi connectivity index (χ1n) is 5.99. The third-order valence-electron chi connectivity index (χ3n) is 2.95. The van der Waals surface area contributed by atoms with Crippen LogP contribution >= 0.6 is 0 Å². The van der Waals surface area contributed by atoms with E-state index in [1.54, 1.807) is 12.1 Å². The lowest BCUT2D eigenvalue weighted by Gasteiger charge is -2.03. The molecule has 94 valence electrons. The highest BCUT2D eigenvalue weighted by Gasteiger charge is 2.08. The van der Waals surface area contributed by atoms with Crippen molar-refractivity contribution in [3.63, 3.8) is 0 Å². The molecule has 0 atom stereocenters. The van der Waals surface area contributed by atoms with Gasteiger partial charge in [0.1, 0.15) is 6.07 Å². The molecule has 0 aliphatic carbocycles. The second-order valence-corrected chi connectivity index (χ2v) is 4.17. The summed E-state index contributed by atoms with van der Waals surface area (Å²) in [5.74, 6) is 0. The van der Waals surface area contributed by atoms with Gasteiger partial charge in [-0.2, -0.15) is 5.26 Å². The molecule has 19 heavy (non-hydrogen) atoms. The van der Waals surface area contributed by atoms with Gasteiger partial charge >= 0.3 is 0 Å². The number of hydrogen-bond acceptors (Lipinski definition) is 2. The number of aromatic nitrogens is 1. The lowest BCUT2D eigenvalue weighted by Crippen LogP contribution is -1.94. The summed E-state index contributed by atoms with van der Waals surface area (Å²) < 4.78 is 2.05. The Balaban J connectivity index is 2.47. The summed E-state index contributed by atoms with van der Waals surface area (Å²) in [4.78, 5) is 2.76. The van der Waals surface area contributed by atoms with Crippen LogP contribution in [0.4, 0.5) is 5.69 Å². The van der Waals surface area contributed by atoms with Crippen molar-refractivity contribution in [2.75, 3.05) is 0 Å². The van der Waals surface area contributed by atoms with E-state index >= 15 is 0 Å². The second-order valence-electron chi connectivity index (χ2n) is 4.17. The van der Waals surface area contributed by atoms with Gasteiger partial charge in [0.15, 0.2) is 0 Å². The lowest BCUT2D eigenvalue weighted by molar-refractivity contribution is 0.671. The number of nitrogens with zero attached hydrogens (tertiary/aromatic N) is 5. The van der Waals surface area contributed by atoms with Crippen LogP contribution in [0.1, 0.15) is 18.4 Å². The molecule has 5 heteroatoms. The highest BCUT2D eigenvalue weighted by molar-refractivity contribution is 5.88. The molecule has 0 saturated heterocycles. The van der Waals surface area contributed by atoms with Crippen LogP contribution < -0.4 is 0 Å². The smallest absolute Gasteiger partial charge is 0.101 e. The number of aryl methyl sites for hydroxylation is 1. The SMILES string of the molecule is C=CCCCn1cc(C#N)c2cc(N=[N+]=[N-])ccc21. The Labute approximate surface area is 111 Å². The van der Waals surface area contributed by atoms with Crippen LogP contribution in [0.3, 0.4) is 0 Å². The molecule has 0 bridgehead atoms.